The predicted octanol–water partition coefficient (Wildman–Crippen LogP) is 4.38. The number of benzene rings is 1. The van der Waals surface area contributed by atoms with Crippen molar-refractivity contribution >= 4 is 5.78 Å². The maximum atomic E-state index is 12.3. The van der Waals surface area contributed by atoms with Crippen LogP contribution >= 0.6 is 0 Å². The summed E-state index contributed by atoms with van der Waals surface area (Å²) in [5.74, 6) is 1.82. The topological polar surface area (TPSA) is 17.1 Å². The first-order valence-corrected chi connectivity index (χ1v) is 8.39. The molecule has 0 amide bonds. The molecule has 0 aromatic heterocycles. The first-order valence-electron chi connectivity index (χ1n) is 8.39. The summed E-state index contributed by atoms with van der Waals surface area (Å²) in [6, 6.07) is 6.94. The van der Waals surface area contributed by atoms with Crippen molar-refractivity contribution in [2.45, 2.75) is 57.8 Å². The van der Waals surface area contributed by atoms with Crippen LogP contribution < -0.4 is 0 Å². The third kappa shape index (κ3) is 2.01. The van der Waals surface area contributed by atoms with Crippen molar-refractivity contribution in [1.29, 1.82) is 0 Å². The smallest absolute Gasteiger partial charge is 0.138 e. The zero-order chi connectivity index (χ0) is 14.6. The monoisotopic (exact) mass is 280 g/mol. The Morgan fingerprint density at radius 2 is 2.14 bits per heavy atom. The molecule has 0 radical (unpaired) electrons. The van der Waals surface area contributed by atoms with Gasteiger partial charge in [0.2, 0.25) is 0 Å². The van der Waals surface area contributed by atoms with Crippen molar-refractivity contribution < 1.29 is 4.79 Å². The lowest BCUT2D eigenvalue weighted by molar-refractivity contribution is -0.120. The van der Waals surface area contributed by atoms with E-state index in [1.54, 1.807) is 5.57 Å². The summed E-state index contributed by atoms with van der Waals surface area (Å²) in [5, 5.41) is 0. The van der Waals surface area contributed by atoms with Gasteiger partial charge < -0.3 is 0 Å². The molecule has 1 spiro atoms. The van der Waals surface area contributed by atoms with Gasteiger partial charge in [0, 0.05) is 18.3 Å². The first kappa shape index (κ1) is 13.3. The maximum Gasteiger partial charge on any atom is 0.138 e. The standard InChI is InChI=1S/C20H24O/c1-13(2)7-14-3-5-16-10-18(21)12-20(19(16)9-14)11-15-4-6-17(20)8-15/h3-5,9,13,17H,6-8,10-12H2,1-2H3. The molecule has 110 valence electrons. The molecule has 1 nitrogen and oxygen atoms in total. The van der Waals surface area contributed by atoms with Crippen LogP contribution in [0.2, 0.25) is 0 Å². The molecule has 1 heteroatoms. The van der Waals surface area contributed by atoms with Gasteiger partial charge in [-0.2, -0.15) is 0 Å². The number of carbonyl (C=O) groups excluding carboxylic acids is 1. The van der Waals surface area contributed by atoms with E-state index in [9.17, 15) is 4.79 Å². The molecule has 4 rings (SSSR count). The minimum Gasteiger partial charge on any atom is -0.299 e. The van der Waals surface area contributed by atoms with Gasteiger partial charge in [-0.05, 0) is 54.2 Å². The Morgan fingerprint density at radius 1 is 1.29 bits per heavy atom. The lowest BCUT2D eigenvalue weighted by Crippen LogP contribution is -2.39. The molecule has 2 unspecified atom stereocenters. The molecule has 0 aliphatic heterocycles. The highest BCUT2D eigenvalue weighted by atomic mass is 16.1. The average molecular weight is 280 g/mol. The second kappa shape index (κ2) is 4.56. The van der Waals surface area contributed by atoms with E-state index in [0.717, 1.165) is 19.3 Å². The zero-order valence-electron chi connectivity index (χ0n) is 13.1. The number of fused-ring (bicyclic) bond motifs is 5. The van der Waals surface area contributed by atoms with Gasteiger partial charge in [-0.25, -0.2) is 0 Å². The molecule has 1 aromatic rings. The average Bonchev–Trinajstić information content (AvgIpc) is 2.99. The van der Waals surface area contributed by atoms with Crippen LogP contribution in [0.5, 0.6) is 0 Å². The van der Waals surface area contributed by atoms with Gasteiger partial charge in [-0.1, -0.05) is 43.7 Å². The molecular formula is C20H24O. The number of Topliss-reactive ketones (excluding diaryl/α,β-unsaturated/α-hetero) is 1. The highest BCUT2D eigenvalue weighted by molar-refractivity contribution is 5.85. The van der Waals surface area contributed by atoms with Gasteiger partial charge in [0.1, 0.15) is 5.78 Å². The Bertz CT molecular complexity index is 637. The molecule has 3 aliphatic rings. The van der Waals surface area contributed by atoms with E-state index in [1.165, 1.54) is 29.5 Å². The minimum absolute atomic E-state index is 0.155. The van der Waals surface area contributed by atoms with Crippen molar-refractivity contribution in [2.75, 3.05) is 0 Å². The Balaban J connectivity index is 1.81. The van der Waals surface area contributed by atoms with Gasteiger partial charge in [0.15, 0.2) is 0 Å². The Hall–Kier alpha value is -1.37. The lowest BCUT2D eigenvalue weighted by atomic mass is 9.62. The summed E-state index contributed by atoms with van der Waals surface area (Å²) >= 11 is 0. The third-order valence-corrected chi connectivity index (χ3v) is 5.78. The van der Waals surface area contributed by atoms with E-state index >= 15 is 0 Å². The summed E-state index contributed by atoms with van der Waals surface area (Å²) in [6.45, 7) is 4.56. The number of hydrogen-bond acceptors (Lipinski definition) is 1. The number of rotatable bonds is 2. The number of ketones is 1. The second-order valence-electron chi connectivity index (χ2n) is 7.81. The molecule has 0 heterocycles. The van der Waals surface area contributed by atoms with E-state index in [2.05, 4.69) is 38.1 Å². The zero-order valence-corrected chi connectivity index (χ0v) is 13.1. The molecule has 1 fully saturated rings. The number of carbonyl (C=O) groups is 1. The van der Waals surface area contributed by atoms with E-state index in [1.807, 2.05) is 0 Å². The molecule has 3 aliphatic carbocycles. The molecule has 2 atom stereocenters. The largest absolute Gasteiger partial charge is 0.299 e. The van der Waals surface area contributed by atoms with Crippen LogP contribution in [0.15, 0.2) is 29.8 Å². The molecule has 2 bridgehead atoms. The summed E-state index contributed by atoms with van der Waals surface area (Å²) in [4.78, 5) is 12.3. The van der Waals surface area contributed by atoms with Crippen LogP contribution in [0, 0.1) is 11.8 Å². The predicted molar refractivity (Wildman–Crippen MR) is 85.4 cm³/mol. The fraction of sp³-hybridized carbons (Fsp3) is 0.550. The van der Waals surface area contributed by atoms with Crippen LogP contribution in [0.25, 0.3) is 0 Å². The molecule has 1 aromatic carbocycles. The SMILES string of the molecule is CC(C)Cc1ccc2c(c1)C1(CC(=O)C2)CC2=CCC1C2. The fourth-order valence-corrected chi connectivity index (χ4v) is 4.99. The van der Waals surface area contributed by atoms with Crippen molar-refractivity contribution in [3.63, 3.8) is 0 Å². The third-order valence-electron chi connectivity index (χ3n) is 5.78. The van der Waals surface area contributed by atoms with Crippen LogP contribution in [0.3, 0.4) is 0 Å². The van der Waals surface area contributed by atoms with E-state index < -0.39 is 0 Å². The van der Waals surface area contributed by atoms with Gasteiger partial charge >= 0.3 is 0 Å². The van der Waals surface area contributed by atoms with Crippen LogP contribution in [0.4, 0.5) is 0 Å². The molecule has 1 saturated carbocycles. The summed E-state index contributed by atoms with van der Waals surface area (Å²) in [6.07, 6.45) is 8.58. The Kier molecular flexibility index (Phi) is 2.89. The normalized spacial score (nSPS) is 30.1. The molecule has 0 saturated heterocycles. The van der Waals surface area contributed by atoms with Crippen molar-refractivity contribution in [1.82, 2.24) is 0 Å². The summed E-state index contributed by atoms with van der Waals surface area (Å²) in [5.41, 5.74) is 6.05. The quantitative estimate of drug-likeness (QED) is 0.735. The van der Waals surface area contributed by atoms with E-state index in [4.69, 9.17) is 0 Å². The van der Waals surface area contributed by atoms with Crippen molar-refractivity contribution in [3.8, 4) is 0 Å². The van der Waals surface area contributed by atoms with Gasteiger partial charge in [-0.3, -0.25) is 4.79 Å². The van der Waals surface area contributed by atoms with Crippen molar-refractivity contribution in [2.24, 2.45) is 11.8 Å². The maximum absolute atomic E-state index is 12.3. The summed E-state index contributed by atoms with van der Waals surface area (Å²) < 4.78 is 0. The highest BCUT2D eigenvalue weighted by Gasteiger charge is 2.51. The Labute approximate surface area is 127 Å². The molecule has 0 N–H and O–H groups in total. The second-order valence-corrected chi connectivity index (χ2v) is 7.81. The van der Waals surface area contributed by atoms with Crippen LogP contribution in [0.1, 0.15) is 56.2 Å². The van der Waals surface area contributed by atoms with E-state index in [-0.39, 0.29) is 5.41 Å². The fourth-order valence-electron chi connectivity index (χ4n) is 4.99. The van der Waals surface area contributed by atoms with E-state index in [0.29, 0.717) is 24.0 Å². The van der Waals surface area contributed by atoms with Gasteiger partial charge in [0.25, 0.3) is 0 Å². The highest BCUT2D eigenvalue weighted by Crippen LogP contribution is 2.58. The lowest BCUT2D eigenvalue weighted by Gasteiger charge is -2.41. The van der Waals surface area contributed by atoms with Crippen molar-refractivity contribution in [3.05, 3.63) is 46.5 Å². The van der Waals surface area contributed by atoms with Gasteiger partial charge in [0.05, 0.1) is 0 Å². The van der Waals surface area contributed by atoms with Crippen LogP contribution in [-0.2, 0) is 23.1 Å². The minimum atomic E-state index is 0.155. The first-order chi connectivity index (χ1) is 10.1. The van der Waals surface area contributed by atoms with Gasteiger partial charge in [-0.15, -0.1) is 0 Å². The molecular weight excluding hydrogens is 256 g/mol. The van der Waals surface area contributed by atoms with Crippen LogP contribution in [-0.4, -0.2) is 5.78 Å². The number of hydrogen-bond donors (Lipinski definition) is 0. The number of allylic oxidation sites excluding steroid dienone is 2. The summed E-state index contributed by atoms with van der Waals surface area (Å²) in [7, 11) is 0. The molecule has 21 heavy (non-hydrogen) atoms. The Morgan fingerprint density at radius 3 is 2.81 bits per heavy atom.